The van der Waals surface area contributed by atoms with Crippen molar-refractivity contribution in [2.45, 2.75) is 24.4 Å². The summed E-state index contributed by atoms with van der Waals surface area (Å²) in [7, 11) is -3.04. The minimum absolute atomic E-state index is 0.112. The maximum atomic E-state index is 12.1. The van der Waals surface area contributed by atoms with Crippen LogP contribution in [-0.4, -0.2) is 42.1 Å². The van der Waals surface area contributed by atoms with Crippen LogP contribution >= 0.6 is 35.0 Å². The molecule has 0 aromatic heterocycles. The van der Waals surface area contributed by atoms with Gasteiger partial charge in [-0.25, -0.2) is 8.42 Å². The molecule has 2 heterocycles. The van der Waals surface area contributed by atoms with E-state index in [1.807, 2.05) is 48.5 Å². The number of nitrogens with zero attached hydrogens (tertiary/aromatic N) is 2. The summed E-state index contributed by atoms with van der Waals surface area (Å²) < 4.78 is 24.2. The largest absolute Gasteiger partial charge is 0.341 e. The van der Waals surface area contributed by atoms with E-state index in [9.17, 15) is 8.42 Å². The maximum Gasteiger partial charge on any atom is 0.160 e. The van der Waals surface area contributed by atoms with E-state index in [-0.39, 0.29) is 23.6 Å². The maximum absolute atomic E-state index is 12.1. The van der Waals surface area contributed by atoms with Crippen LogP contribution in [0, 0.1) is 0 Å². The first kappa shape index (κ1) is 19.1. The first-order valence-electron chi connectivity index (χ1n) is 8.57. The third-order valence-electron chi connectivity index (χ3n) is 4.80. The van der Waals surface area contributed by atoms with Gasteiger partial charge in [0.25, 0.3) is 0 Å². The van der Waals surface area contributed by atoms with E-state index in [0.29, 0.717) is 16.6 Å². The van der Waals surface area contributed by atoms with Crippen molar-refractivity contribution in [3.05, 3.63) is 69.7 Å². The minimum Gasteiger partial charge on any atom is -0.341 e. The molecule has 8 heteroatoms. The van der Waals surface area contributed by atoms with Crippen LogP contribution in [0.2, 0.25) is 10.0 Å². The fraction of sp³-hybridized carbons (Fsp3) is 0.316. The van der Waals surface area contributed by atoms with E-state index < -0.39 is 9.84 Å². The second-order valence-electron chi connectivity index (χ2n) is 6.76. The molecule has 4 nitrogen and oxygen atoms in total. The molecule has 0 saturated carbocycles. The molecule has 0 amide bonds. The van der Waals surface area contributed by atoms with Crippen molar-refractivity contribution in [3.8, 4) is 0 Å². The van der Waals surface area contributed by atoms with Gasteiger partial charge in [0.2, 0.25) is 0 Å². The molecule has 0 N–H and O–H groups in total. The van der Waals surface area contributed by atoms with E-state index >= 15 is 0 Å². The zero-order valence-electron chi connectivity index (χ0n) is 14.4. The molecule has 4 rings (SSSR count). The van der Waals surface area contributed by atoms with Crippen LogP contribution in [0.4, 0.5) is 0 Å². The summed E-state index contributed by atoms with van der Waals surface area (Å²) in [6, 6.07) is 15.1. The number of fused-ring (bicyclic) bond motifs is 1. The number of hydrogen-bond donors (Lipinski definition) is 0. The molecule has 2 aliphatic heterocycles. The summed E-state index contributed by atoms with van der Waals surface area (Å²) >= 11 is 13.9. The van der Waals surface area contributed by atoms with Crippen LogP contribution in [0.25, 0.3) is 0 Å². The molecule has 1 fully saturated rings. The molecule has 0 spiro atoms. The number of thioether (sulfide) groups is 1. The van der Waals surface area contributed by atoms with Crippen molar-refractivity contribution in [1.82, 2.24) is 4.90 Å². The normalized spacial score (nSPS) is 23.3. The fourth-order valence-electron chi connectivity index (χ4n) is 3.43. The van der Waals surface area contributed by atoms with Gasteiger partial charge in [-0.1, -0.05) is 65.3 Å². The van der Waals surface area contributed by atoms with Gasteiger partial charge < -0.3 is 4.90 Å². The van der Waals surface area contributed by atoms with Crippen LogP contribution in [0.1, 0.15) is 11.1 Å². The zero-order chi connectivity index (χ0) is 19.0. The summed E-state index contributed by atoms with van der Waals surface area (Å²) in [4.78, 5) is 6.85. The Kier molecular flexibility index (Phi) is 5.43. The topological polar surface area (TPSA) is 49.7 Å². The van der Waals surface area contributed by atoms with Crippen LogP contribution < -0.4 is 0 Å². The first-order valence-corrected chi connectivity index (χ1v) is 12.1. The Labute approximate surface area is 173 Å². The summed E-state index contributed by atoms with van der Waals surface area (Å²) in [5.41, 5.74) is 2.12. The Morgan fingerprint density at radius 1 is 1.07 bits per heavy atom. The second kappa shape index (κ2) is 7.66. The standard InChI is InChI=1S/C19H18Cl2N2O2S2/c20-15-7-5-13(6-8-15)10-26-19-22-17-11-27(24,25)12-18(17)23(19)9-14-3-1-2-4-16(14)21/h1-8,17-18H,9-12H2/t17-,18-/m1/s1. The lowest BCUT2D eigenvalue weighted by Gasteiger charge is -2.27. The quantitative estimate of drug-likeness (QED) is 0.712. The summed E-state index contributed by atoms with van der Waals surface area (Å²) in [5, 5.41) is 2.28. The van der Waals surface area contributed by atoms with Gasteiger partial charge in [0.15, 0.2) is 15.0 Å². The summed E-state index contributed by atoms with van der Waals surface area (Å²) in [6.45, 7) is 0.558. The highest BCUT2D eigenvalue weighted by atomic mass is 35.5. The van der Waals surface area contributed by atoms with E-state index in [2.05, 4.69) is 4.90 Å². The van der Waals surface area contributed by atoms with Crippen molar-refractivity contribution >= 4 is 50.0 Å². The third kappa shape index (κ3) is 4.29. The van der Waals surface area contributed by atoms with Gasteiger partial charge in [-0.15, -0.1) is 0 Å². The molecule has 1 saturated heterocycles. The lowest BCUT2D eigenvalue weighted by Crippen LogP contribution is -2.38. The highest BCUT2D eigenvalue weighted by Gasteiger charge is 2.46. The average Bonchev–Trinajstić information content (AvgIpc) is 3.09. The SMILES string of the molecule is O=S1(=O)C[C@@H]2[C@@H](C1)N=C(SCc1ccc(Cl)cc1)N2Cc1ccccc1Cl. The number of aliphatic imine (C=N–C) groups is 1. The van der Waals surface area contributed by atoms with Crippen molar-refractivity contribution in [1.29, 1.82) is 0 Å². The van der Waals surface area contributed by atoms with Crippen LogP contribution in [0.15, 0.2) is 53.5 Å². The molecular formula is C19H18Cl2N2O2S2. The van der Waals surface area contributed by atoms with E-state index in [4.69, 9.17) is 28.2 Å². The Morgan fingerprint density at radius 2 is 1.81 bits per heavy atom. The van der Waals surface area contributed by atoms with Crippen LogP contribution in [0.5, 0.6) is 0 Å². The lowest BCUT2D eigenvalue weighted by molar-refractivity contribution is 0.343. The van der Waals surface area contributed by atoms with Gasteiger partial charge >= 0.3 is 0 Å². The number of hydrogen-bond acceptors (Lipinski definition) is 5. The molecule has 142 valence electrons. The van der Waals surface area contributed by atoms with E-state index in [0.717, 1.165) is 22.0 Å². The van der Waals surface area contributed by atoms with Crippen LogP contribution in [0.3, 0.4) is 0 Å². The average molecular weight is 441 g/mol. The molecule has 2 atom stereocenters. The zero-order valence-corrected chi connectivity index (χ0v) is 17.5. The molecular weight excluding hydrogens is 423 g/mol. The number of benzene rings is 2. The third-order valence-corrected chi connectivity index (χ3v) is 8.19. The molecule has 0 bridgehead atoms. The molecule has 2 aromatic rings. The van der Waals surface area contributed by atoms with Gasteiger partial charge in [-0.3, -0.25) is 4.99 Å². The number of amidine groups is 1. The molecule has 0 radical (unpaired) electrons. The molecule has 0 unspecified atom stereocenters. The van der Waals surface area contributed by atoms with Crippen molar-refractivity contribution in [3.63, 3.8) is 0 Å². The van der Waals surface area contributed by atoms with Gasteiger partial charge in [-0.05, 0) is 29.3 Å². The van der Waals surface area contributed by atoms with E-state index in [1.165, 1.54) is 0 Å². The Hall–Kier alpha value is -1.21. The second-order valence-corrected chi connectivity index (χ2v) is 10.7. The summed E-state index contributed by atoms with van der Waals surface area (Å²) in [5.74, 6) is 1.03. The van der Waals surface area contributed by atoms with Crippen molar-refractivity contribution in [2.24, 2.45) is 4.99 Å². The van der Waals surface area contributed by atoms with Crippen LogP contribution in [-0.2, 0) is 22.1 Å². The Bertz CT molecular complexity index is 977. The summed E-state index contributed by atoms with van der Waals surface area (Å²) in [6.07, 6.45) is 0. The molecule has 2 aromatic carbocycles. The molecule has 2 aliphatic rings. The molecule has 0 aliphatic carbocycles. The molecule has 27 heavy (non-hydrogen) atoms. The van der Waals surface area contributed by atoms with Gasteiger partial charge in [0.05, 0.1) is 23.6 Å². The van der Waals surface area contributed by atoms with Gasteiger partial charge in [0, 0.05) is 22.3 Å². The Morgan fingerprint density at radius 3 is 2.56 bits per heavy atom. The van der Waals surface area contributed by atoms with Crippen molar-refractivity contribution in [2.75, 3.05) is 11.5 Å². The van der Waals surface area contributed by atoms with Gasteiger partial charge in [-0.2, -0.15) is 0 Å². The number of rotatable bonds is 4. The highest BCUT2D eigenvalue weighted by molar-refractivity contribution is 8.13. The van der Waals surface area contributed by atoms with E-state index in [1.54, 1.807) is 11.8 Å². The highest BCUT2D eigenvalue weighted by Crippen LogP contribution is 2.34. The fourth-order valence-corrected chi connectivity index (χ4v) is 6.69. The van der Waals surface area contributed by atoms with Crippen molar-refractivity contribution < 1.29 is 8.42 Å². The Balaban J connectivity index is 1.55. The lowest BCUT2D eigenvalue weighted by atomic mass is 10.1. The van der Waals surface area contributed by atoms with Gasteiger partial charge in [0.1, 0.15) is 0 Å². The minimum atomic E-state index is -3.04. The monoisotopic (exact) mass is 440 g/mol. The first-order chi connectivity index (χ1) is 12.9. The number of halogens is 2. The predicted molar refractivity (Wildman–Crippen MR) is 113 cm³/mol. The number of sulfone groups is 1. The smallest absolute Gasteiger partial charge is 0.160 e. The predicted octanol–water partition coefficient (Wildman–Crippen LogP) is 4.26.